The molecule has 0 aliphatic heterocycles. The standard InChI is InChI=1S/C30H36N2O5S/c1-35-23-15-16-25(27(18-23)37-3)29(30(34)31-22-11-5-4-6-12-22)32(28(33)19-24-13-9-17-38-24)20-21-10-7-8-14-26(21)36-2/h7-10,13-18,22,29H,4-6,11-12,19-20H2,1-3H3,(H,31,34)/t29-/m0/s1. The maximum atomic E-state index is 14.1. The van der Waals surface area contributed by atoms with Crippen LogP contribution in [-0.2, 0) is 22.6 Å². The van der Waals surface area contributed by atoms with E-state index in [0.717, 1.165) is 36.1 Å². The van der Waals surface area contributed by atoms with E-state index < -0.39 is 6.04 Å². The van der Waals surface area contributed by atoms with Crippen molar-refractivity contribution in [2.24, 2.45) is 0 Å². The van der Waals surface area contributed by atoms with E-state index in [1.165, 1.54) is 17.8 Å². The highest BCUT2D eigenvalue weighted by molar-refractivity contribution is 7.10. The summed E-state index contributed by atoms with van der Waals surface area (Å²) in [5.74, 6) is 1.39. The second kappa shape index (κ2) is 13.3. The zero-order chi connectivity index (χ0) is 26.9. The van der Waals surface area contributed by atoms with Crippen LogP contribution < -0.4 is 19.5 Å². The summed E-state index contributed by atoms with van der Waals surface area (Å²) in [6, 6.07) is 16.0. The first-order valence-corrected chi connectivity index (χ1v) is 13.9. The van der Waals surface area contributed by atoms with Gasteiger partial charge in [-0.15, -0.1) is 11.3 Å². The van der Waals surface area contributed by atoms with Gasteiger partial charge in [0.1, 0.15) is 23.3 Å². The molecule has 38 heavy (non-hydrogen) atoms. The number of rotatable bonds is 11. The summed E-state index contributed by atoms with van der Waals surface area (Å²) in [6.07, 6.45) is 5.43. The van der Waals surface area contributed by atoms with Gasteiger partial charge in [-0.3, -0.25) is 9.59 Å². The lowest BCUT2D eigenvalue weighted by Gasteiger charge is -2.34. The normalized spacial score (nSPS) is 14.4. The molecule has 0 spiro atoms. The van der Waals surface area contributed by atoms with Crippen molar-refractivity contribution in [3.8, 4) is 17.2 Å². The molecule has 1 aromatic heterocycles. The Balaban J connectivity index is 1.79. The van der Waals surface area contributed by atoms with Crippen molar-refractivity contribution in [3.63, 3.8) is 0 Å². The number of ether oxygens (including phenoxy) is 3. The summed E-state index contributed by atoms with van der Waals surface area (Å²) < 4.78 is 16.7. The highest BCUT2D eigenvalue weighted by Crippen LogP contribution is 2.36. The van der Waals surface area contributed by atoms with Crippen LogP contribution in [0.5, 0.6) is 17.2 Å². The van der Waals surface area contributed by atoms with Crippen LogP contribution in [0.3, 0.4) is 0 Å². The smallest absolute Gasteiger partial charge is 0.247 e. The Bertz CT molecular complexity index is 1210. The predicted molar refractivity (Wildman–Crippen MR) is 149 cm³/mol. The van der Waals surface area contributed by atoms with Crippen LogP contribution in [0.15, 0.2) is 60.0 Å². The molecule has 1 fully saturated rings. The highest BCUT2D eigenvalue weighted by atomic mass is 32.1. The maximum Gasteiger partial charge on any atom is 0.247 e. The fourth-order valence-electron chi connectivity index (χ4n) is 5.03. The van der Waals surface area contributed by atoms with Gasteiger partial charge in [-0.1, -0.05) is 43.5 Å². The van der Waals surface area contributed by atoms with E-state index in [-0.39, 0.29) is 30.8 Å². The van der Waals surface area contributed by atoms with Crippen molar-refractivity contribution < 1.29 is 23.8 Å². The van der Waals surface area contributed by atoms with Crippen LogP contribution in [0.25, 0.3) is 0 Å². The number of nitrogens with one attached hydrogen (secondary N) is 1. The van der Waals surface area contributed by atoms with Crippen molar-refractivity contribution in [2.75, 3.05) is 21.3 Å². The molecule has 8 heteroatoms. The second-order valence-corrected chi connectivity index (χ2v) is 10.5. The fraction of sp³-hybridized carbons (Fsp3) is 0.400. The van der Waals surface area contributed by atoms with Gasteiger partial charge in [-0.05, 0) is 42.5 Å². The zero-order valence-electron chi connectivity index (χ0n) is 22.3. The lowest BCUT2D eigenvalue weighted by Crippen LogP contribution is -2.47. The summed E-state index contributed by atoms with van der Waals surface area (Å²) in [5.41, 5.74) is 1.42. The molecule has 1 aliphatic rings. The Morgan fingerprint density at radius 3 is 2.39 bits per heavy atom. The van der Waals surface area contributed by atoms with E-state index in [4.69, 9.17) is 14.2 Å². The highest BCUT2D eigenvalue weighted by Gasteiger charge is 2.35. The van der Waals surface area contributed by atoms with E-state index in [0.29, 0.717) is 22.8 Å². The monoisotopic (exact) mass is 536 g/mol. The van der Waals surface area contributed by atoms with Gasteiger partial charge in [-0.2, -0.15) is 0 Å². The SMILES string of the molecule is COc1ccc([C@@H](C(=O)NC2CCCCC2)N(Cc2ccccc2OC)C(=O)Cc2cccs2)c(OC)c1. The predicted octanol–water partition coefficient (Wildman–Crippen LogP) is 5.54. The molecule has 1 saturated carbocycles. The third-order valence-corrected chi connectivity index (χ3v) is 7.88. The number of thiophene rings is 1. The van der Waals surface area contributed by atoms with E-state index in [2.05, 4.69) is 5.32 Å². The average Bonchev–Trinajstić information content (AvgIpc) is 3.46. The number of amides is 2. The minimum absolute atomic E-state index is 0.0866. The topological polar surface area (TPSA) is 77.1 Å². The van der Waals surface area contributed by atoms with Gasteiger partial charge in [0.15, 0.2) is 0 Å². The van der Waals surface area contributed by atoms with E-state index >= 15 is 0 Å². The summed E-state index contributed by atoms with van der Waals surface area (Å²) in [7, 11) is 4.75. The molecule has 1 atom stereocenters. The lowest BCUT2D eigenvalue weighted by molar-refractivity contribution is -0.141. The third kappa shape index (κ3) is 6.67. The van der Waals surface area contributed by atoms with E-state index in [1.807, 2.05) is 47.8 Å². The van der Waals surface area contributed by atoms with Crippen LogP contribution in [0.4, 0.5) is 0 Å². The summed E-state index contributed by atoms with van der Waals surface area (Å²) in [5, 5.41) is 5.21. The van der Waals surface area contributed by atoms with Gasteiger partial charge in [0.25, 0.3) is 0 Å². The van der Waals surface area contributed by atoms with E-state index in [9.17, 15) is 9.59 Å². The first-order chi connectivity index (χ1) is 18.5. The molecule has 1 N–H and O–H groups in total. The molecular weight excluding hydrogens is 500 g/mol. The second-order valence-electron chi connectivity index (χ2n) is 9.44. The molecule has 0 saturated heterocycles. The summed E-state index contributed by atoms with van der Waals surface area (Å²) >= 11 is 1.53. The fourth-order valence-corrected chi connectivity index (χ4v) is 5.72. The maximum absolute atomic E-state index is 14.1. The molecule has 0 bridgehead atoms. The minimum Gasteiger partial charge on any atom is -0.497 e. The Morgan fingerprint density at radius 1 is 0.947 bits per heavy atom. The quantitative estimate of drug-likeness (QED) is 0.348. The molecule has 0 unspecified atom stereocenters. The van der Waals surface area contributed by atoms with Crippen molar-refractivity contribution in [2.45, 2.75) is 57.2 Å². The number of benzene rings is 2. The van der Waals surface area contributed by atoms with Gasteiger partial charge < -0.3 is 24.4 Å². The van der Waals surface area contributed by atoms with Gasteiger partial charge in [0.2, 0.25) is 11.8 Å². The van der Waals surface area contributed by atoms with Crippen LogP contribution in [0.1, 0.15) is 54.1 Å². The Kier molecular flexibility index (Phi) is 9.65. The number of methoxy groups -OCH3 is 3. The van der Waals surface area contributed by atoms with Gasteiger partial charge in [-0.25, -0.2) is 0 Å². The largest absolute Gasteiger partial charge is 0.497 e. The number of hydrogen-bond acceptors (Lipinski definition) is 6. The molecule has 3 aromatic rings. The average molecular weight is 537 g/mol. The summed E-state index contributed by atoms with van der Waals surface area (Å²) in [6.45, 7) is 0.201. The van der Waals surface area contributed by atoms with Crippen LogP contribution >= 0.6 is 11.3 Å². The van der Waals surface area contributed by atoms with Crippen LogP contribution in [0.2, 0.25) is 0 Å². The number of hydrogen-bond donors (Lipinski definition) is 1. The molecule has 2 aromatic carbocycles. The number of carbonyl (C=O) groups excluding carboxylic acids is 2. The third-order valence-electron chi connectivity index (χ3n) is 7.01. The number of nitrogens with zero attached hydrogens (tertiary/aromatic N) is 1. The number of carbonyl (C=O) groups is 2. The van der Waals surface area contributed by atoms with Gasteiger partial charge >= 0.3 is 0 Å². The first kappa shape index (κ1) is 27.5. The molecule has 1 heterocycles. The minimum atomic E-state index is -0.907. The Labute approximate surface area is 228 Å². The van der Waals surface area contributed by atoms with Crippen LogP contribution in [0, 0.1) is 0 Å². The molecule has 1 aliphatic carbocycles. The molecule has 2 amide bonds. The molecule has 202 valence electrons. The van der Waals surface area contributed by atoms with Gasteiger partial charge in [0, 0.05) is 28.1 Å². The Hall–Kier alpha value is -3.52. The van der Waals surface area contributed by atoms with Crippen molar-refractivity contribution in [1.82, 2.24) is 10.2 Å². The molecule has 4 rings (SSSR count). The Morgan fingerprint density at radius 2 is 1.71 bits per heavy atom. The lowest BCUT2D eigenvalue weighted by atomic mass is 9.94. The first-order valence-electron chi connectivity index (χ1n) is 13.0. The van der Waals surface area contributed by atoms with E-state index in [1.54, 1.807) is 38.4 Å². The van der Waals surface area contributed by atoms with Gasteiger partial charge in [0.05, 0.1) is 34.3 Å². The van der Waals surface area contributed by atoms with Crippen molar-refractivity contribution in [3.05, 3.63) is 76.0 Å². The molecular formula is C30H36N2O5S. The molecule has 0 radical (unpaired) electrons. The molecule has 7 nitrogen and oxygen atoms in total. The van der Waals surface area contributed by atoms with Crippen molar-refractivity contribution >= 4 is 23.2 Å². The van der Waals surface area contributed by atoms with Crippen LogP contribution in [-0.4, -0.2) is 44.1 Å². The number of para-hydroxylation sites is 1. The van der Waals surface area contributed by atoms with Crippen molar-refractivity contribution in [1.29, 1.82) is 0 Å². The summed E-state index contributed by atoms with van der Waals surface area (Å²) in [4.78, 5) is 30.7. The zero-order valence-corrected chi connectivity index (χ0v) is 23.1.